The highest BCUT2D eigenvalue weighted by Crippen LogP contribution is 2.59. The van der Waals surface area contributed by atoms with E-state index < -0.39 is 88.1 Å². The maximum absolute atomic E-state index is 15.4. The standard InChI is InChI=1S/C36H40F4N6O5/c1-34(2,3)28(43-30(47)20-8-5-6-9-23(20)36(38,39)40)32(49)45-16-22-18-12-21(24(37)13-18)26(22)27(45)31(48)46-17-35(14-19(46)15-41-4)33(50)44-29-25(51-35)10-7-11-42-29/h5-11,15,18-19,21-22,24,26-28H,12-14,16-17H2,1-4H3,(H,43,47)(H,42,44,50)/t18-,19-,21+,22+,24+,26-,27-,28+,35+/m0/s1. The second-order valence-corrected chi connectivity index (χ2v) is 15.4. The minimum absolute atomic E-state index is 0.0566. The molecule has 4 amide bonds. The van der Waals surface area contributed by atoms with Crippen LogP contribution in [-0.2, 0) is 20.6 Å². The van der Waals surface area contributed by atoms with Crippen molar-refractivity contribution in [3.63, 3.8) is 0 Å². The van der Waals surface area contributed by atoms with Crippen LogP contribution in [0.1, 0.15) is 56.0 Å². The van der Waals surface area contributed by atoms with Gasteiger partial charge < -0.3 is 25.2 Å². The van der Waals surface area contributed by atoms with Crippen LogP contribution < -0.4 is 15.4 Å². The molecule has 4 fully saturated rings. The summed E-state index contributed by atoms with van der Waals surface area (Å²) in [5.41, 5.74) is -4.27. The summed E-state index contributed by atoms with van der Waals surface area (Å²) in [6.07, 6.45) is -1.97. The first-order valence-electron chi connectivity index (χ1n) is 17.1. The molecule has 7 rings (SSSR count). The maximum atomic E-state index is 15.4. The molecule has 2 aromatic rings. The molecule has 9 atom stereocenters. The lowest BCUT2D eigenvalue weighted by atomic mass is 9.77. The molecule has 2 bridgehead atoms. The Balaban J connectivity index is 1.23. The number of rotatable bonds is 5. The normalized spacial score (nSPS) is 31.8. The van der Waals surface area contributed by atoms with Crippen LogP contribution in [0.3, 0.4) is 0 Å². The number of carbonyl (C=O) groups excluding carboxylic acids is 4. The molecule has 2 aliphatic carbocycles. The minimum Gasteiger partial charge on any atom is -0.472 e. The van der Waals surface area contributed by atoms with Gasteiger partial charge in [-0.25, -0.2) is 9.37 Å². The van der Waals surface area contributed by atoms with Crippen LogP contribution >= 0.6 is 0 Å². The first-order chi connectivity index (χ1) is 24.0. The number of halogens is 4. The average Bonchev–Trinajstić information content (AvgIpc) is 3.83. The number of aromatic nitrogens is 1. The molecule has 272 valence electrons. The molecular weight excluding hydrogens is 672 g/mol. The molecule has 2 saturated carbocycles. The van der Waals surface area contributed by atoms with Crippen LogP contribution in [0.2, 0.25) is 0 Å². The highest BCUT2D eigenvalue weighted by Gasteiger charge is 2.65. The summed E-state index contributed by atoms with van der Waals surface area (Å²) in [6.45, 7) is 4.95. The highest BCUT2D eigenvalue weighted by atomic mass is 19.4. The first-order valence-corrected chi connectivity index (χ1v) is 17.1. The van der Waals surface area contributed by atoms with E-state index in [0.717, 1.165) is 12.1 Å². The summed E-state index contributed by atoms with van der Waals surface area (Å²) in [6, 6.07) is 4.44. The van der Waals surface area contributed by atoms with Gasteiger partial charge in [-0.1, -0.05) is 32.9 Å². The molecule has 1 aromatic carbocycles. The smallest absolute Gasteiger partial charge is 0.417 e. The Bertz CT molecular complexity index is 1800. The van der Waals surface area contributed by atoms with Gasteiger partial charge in [-0.05, 0) is 66.2 Å². The van der Waals surface area contributed by atoms with Crippen LogP contribution in [0.5, 0.6) is 5.75 Å². The summed E-state index contributed by atoms with van der Waals surface area (Å²) >= 11 is 0. The molecule has 1 spiro atoms. The fraction of sp³-hybridized carbons (Fsp3) is 0.556. The number of aliphatic imine (C=N–C) groups is 1. The second kappa shape index (κ2) is 12.3. The number of nitrogens with one attached hydrogen (secondary N) is 2. The minimum atomic E-state index is -4.82. The highest BCUT2D eigenvalue weighted by molar-refractivity contribution is 6.03. The molecule has 0 unspecified atom stereocenters. The van der Waals surface area contributed by atoms with Crippen LogP contribution in [0.15, 0.2) is 47.6 Å². The molecule has 5 aliphatic rings. The number of ether oxygens (including phenoxy) is 1. The Morgan fingerprint density at radius 3 is 2.55 bits per heavy atom. The number of carbonyl (C=O) groups is 4. The number of hydrogen-bond acceptors (Lipinski definition) is 7. The third-order valence-corrected chi connectivity index (χ3v) is 11.4. The zero-order chi connectivity index (χ0) is 36.6. The van der Waals surface area contributed by atoms with Crippen LogP contribution in [-0.4, -0.2) is 94.7 Å². The third kappa shape index (κ3) is 5.81. The Labute approximate surface area is 292 Å². The number of fused-ring (bicyclic) bond motifs is 6. The Morgan fingerprint density at radius 2 is 1.84 bits per heavy atom. The first kappa shape index (κ1) is 34.9. The second-order valence-electron chi connectivity index (χ2n) is 15.4. The van der Waals surface area contributed by atoms with Gasteiger partial charge in [0.2, 0.25) is 17.4 Å². The van der Waals surface area contributed by atoms with Gasteiger partial charge in [-0.15, -0.1) is 0 Å². The molecule has 51 heavy (non-hydrogen) atoms. The van der Waals surface area contributed by atoms with E-state index in [9.17, 15) is 32.3 Å². The summed E-state index contributed by atoms with van der Waals surface area (Å²) in [5, 5.41) is 5.34. The van der Waals surface area contributed by atoms with Crippen LogP contribution in [0, 0.1) is 29.1 Å². The summed E-state index contributed by atoms with van der Waals surface area (Å²) < 4.78 is 63.3. The van der Waals surface area contributed by atoms with Gasteiger partial charge in [0.05, 0.1) is 23.7 Å². The molecule has 1 aromatic heterocycles. The van der Waals surface area contributed by atoms with Crippen molar-refractivity contribution in [2.45, 2.75) is 76.1 Å². The average molecular weight is 713 g/mol. The van der Waals surface area contributed by atoms with Crippen molar-refractivity contribution in [2.75, 3.05) is 25.5 Å². The number of pyridine rings is 1. The van der Waals surface area contributed by atoms with Crippen molar-refractivity contribution in [3.8, 4) is 5.75 Å². The van der Waals surface area contributed by atoms with E-state index in [-0.39, 0.29) is 37.2 Å². The molecule has 4 heterocycles. The van der Waals surface area contributed by atoms with E-state index in [1.807, 2.05) is 0 Å². The fourth-order valence-electron chi connectivity index (χ4n) is 9.11. The predicted molar refractivity (Wildman–Crippen MR) is 177 cm³/mol. The number of anilines is 1. The van der Waals surface area contributed by atoms with Gasteiger partial charge in [0.15, 0.2) is 11.6 Å². The fourth-order valence-corrected chi connectivity index (χ4v) is 9.11. The zero-order valence-corrected chi connectivity index (χ0v) is 28.6. The van der Waals surface area contributed by atoms with E-state index in [4.69, 9.17) is 4.74 Å². The van der Waals surface area contributed by atoms with Crippen LogP contribution in [0.4, 0.5) is 23.4 Å². The summed E-state index contributed by atoms with van der Waals surface area (Å²) in [4.78, 5) is 67.9. The monoisotopic (exact) mass is 712 g/mol. The summed E-state index contributed by atoms with van der Waals surface area (Å²) in [7, 11) is 1.53. The predicted octanol–water partition coefficient (Wildman–Crippen LogP) is 4.14. The number of alkyl halides is 4. The SMILES string of the molecule is CN=C[C@@H]1C[C@]2(CN1C(=O)[C@@H]1[C@@H]3[C@H](CN1C(=O)[C@@H](NC(=O)c1ccccc1C(F)(F)F)C(C)(C)C)[C@H]1C[C@@H]3[C@H](F)C1)Oc1cccnc1NC2=O. The van der Waals surface area contributed by atoms with E-state index in [0.29, 0.717) is 18.6 Å². The van der Waals surface area contributed by atoms with Gasteiger partial charge >= 0.3 is 6.18 Å². The lowest BCUT2D eigenvalue weighted by Crippen LogP contribution is -2.60. The van der Waals surface area contributed by atoms with Crippen LogP contribution in [0.25, 0.3) is 0 Å². The maximum Gasteiger partial charge on any atom is 0.417 e. The Kier molecular flexibility index (Phi) is 8.40. The van der Waals surface area contributed by atoms with Crippen molar-refractivity contribution in [1.82, 2.24) is 20.1 Å². The van der Waals surface area contributed by atoms with E-state index in [2.05, 4.69) is 20.6 Å². The molecule has 3 aliphatic heterocycles. The Morgan fingerprint density at radius 1 is 1.10 bits per heavy atom. The number of amides is 4. The number of nitrogens with zero attached hydrogens (tertiary/aromatic N) is 4. The quantitative estimate of drug-likeness (QED) is 0.354. The molecule has 15 heteroatoms. The van der Waals surface area contributed by atoms with Crippen molar-refractivity contribution >= 4 is 35.7 Å². The molecule has 11 nitrogen and oxygen atoms in total. The third-order valence-electron chi connectivity index (χ3n) is 11.4. The van der Waals surface area contributed by atoms with E-state index in [1.165, 1.54) is 41.4 Å². The van der Waals surface area contributed by atoms with Gasteiger partial charge in [0, 0.05) is 32.4 Å². The summed E-state index contributed by atoms with van der Waals surface area (Å²) in [5.74, 6) is -3.40. The topological polar surface area (TPSA) is 133 Å². The lowest BCUT2D eigenvalue weighted by Gasteiger charge is -2.39. The van der Waals surface area contributed by atoms with E-state index >= 15 is 4.39 Å². The van der Waals surface area contributed by atoms with Crippen molar-refractivity contribution in [2.24, 2.45) is 34.1 Å². The molecular formula is C36H40F4N6O5. The van der Waals surface area contributed by atoms with Gasteiger partial charge in [0.25, 0.3) is 11.8 Å². The number of benzene rings is 1. The number of hydrogen-bond donors (Lipinski definition) is 2. The Hall–Kier alpha value is -4.56. The van der Waals surface area contributed by atoms with Crippen molar-refractivity contribution in [1.29, 1.82) is 0 Å². The van der Waals surface area contributed by atoms with Gasteiger partial charge in [-0.2, -0.15) is 13.2 Å². The zero-order valence-electron chi connectivity index (χ0n) is 28.6. The molecule has 0 radical (unpaired) electrons. The molecule has 2 saturated heterocycles. The lowest BCUT2D eigenvalue weighted by molar-refractivity contribution is -0.148. The number of likely N-dealkylation sites (tertiary alicyclic amines) is 2. The van der Waals surface area contributed by atoms with Gasteiger partial charge in [0.1, 0.15) is 18.3 Å². The molecule has 2 N–H and O–H groups in total. The van der Waals surface area contributed by atoms with Crippen molar-refractivity contribution in [3.05, 3.63) is 53.7 Å². The van der Waals surface area contributed by atoms with Crippen molar-refractivity contribution < 1.29 is 41.5 Å². The van der Waals surface area contributed by atoms with Gasteiger partial charge in [-0.3, -0.25) is 24.2 Å². The van der Waals surface area contributed by atoms with E-state index in [1.54, 1.807) is 32.9 Å². The largest absolute Gasteiger partial charge is 0.472 e.